The molecular weight excluding hydrogens is 466 g/mol. The largest absolute Gasteiger partial charge is 1.00 e. The van der Waals surface area contributed by atoms with E-state index in [1.165, 1.54) is 23.8 Å². The van der Waals surface area contributed by atoms with Crippen molar-refractivity contribution in [1.82, 2.24) is 0 Å². The first-order chi connectivity index (χ1) is 16.8. The number of carbonyl (C=O) groups excluding carboxylic acids is 1. The van der Waals surface area contributed by atoms with E-state index in [2.05, 4.69) is 38.1 Å². The summed E-state index contributed by atoms with van der Waals surface area (Å²) in [4.78, 5) is 10.7. The molecule has 2 N–H and O–H groups in total. The van der Waals surface area contributed by atoms with E-state index in [-0.39, 0.29) is 47.2 Å². The number of aliphatic hydroxyl groups is 2. The zero-order chi connectivity index (χ0) is 25.4. The fraction of sp³-hybridized carbons (Fsp3) is 0.300. The first-order valence-corrected chi connectivity index (χ1v) is 12.0. The van der Waals surface area contributed by atoms with E-state index in [1.54, 1.807) is 18.2 Å². The van der Waals surface area contributed by atoms with Crippen molar-refractivity contribution >= 4 is 12.0 Å². The SMILES string of the molecule is CCC(CC)(c1ccccc1)c1ccc(/C=C/[C@@H](O)C[C@@H](O)CC(=O)[O-])c(-c2ccc(F)cc2)c1.[Na+]. The molecule has 4 nitrogen and oxygen atoms in total. The maximum absolute atomic E-state index is 13.7. The Morgan fingerprint density at radius 2 is 1.61 bits per heavy atom. The average molecular weight is 499 g/mol. The second-order valence-electron chi connectivity index (χ2n) is 8.86. The molecule has 0 saturated heterocycles. The Hall–Kier alpha value is -2.28. The Morgan fingerprint density at radius 1 is 0.972 bits per heavy atom. The molecule has 184 valence electrons. The fourth-order valence-corrected chi connectivity index (χ4v) is 4.72. The third kappa shape index (κ3) is 7.37. The minimum atomic E-state index is -1.36. The molecule has 3 aromatic rings. The molecule has 0 spiro atoms. The van der Waals surface area contributed by atoms with Crippen molar-refractivity contribution in [2.75, 3.05) is 0 Å². The summed E-state index contributed by atoms with van der Waals surface area (Å²) >= 11 is 0. The van der Waals surface area contributed by atoms with Crippen molar-refractivity contribution in [1.29, 1.82) is 0 Å². The van der Waals surface area contributed by atoms with Gasteiger partial charge in [-0.1, -0.05) is 80.6 Å². The summed E-state index contributed by atoms with van der Waals surface area (Å²) in [5, 5.41) is 30.7. The number of carboxylic acid groups (broad SMARTS) is 1. The molecule has 2 atom stereocenters. The quantitative estimate of drug-likeness (QED) is 0.396. The molecule has 0 radical (unpaired) electrons. The van der Waals surface area contributed by atoms with Gasteiger partial charge in [-0.25, -0.2) is 4.39 Å². The van der Waals surface area contributed by atoms with Gasteiger partial charge < -0.3 is 20.1 Å². The Balaban J connectivity index is 0.00000456. The van der Waals surface area contributed by atoms with E-state index < -0.39 is 24.6 Å². The van der Waals surface area contributed by atoms with Gasteiger partial charge in [-0.3, -0.25) is 0 Å². The maximum atomic E-state index is 13.7. The second kappa shape index (κ2) is 13.9. The standard InChI is InChI=1S/C30H33FO4.Na/c1-3-30(4-2,23-8-6-5-7-9-23)24-14-10-21(13-17-26(32)19-27(33)20-29(34)35)28(18-24)22-11-15-25(31)16-12-22;/h5-18,26-27,32-33H,3-4,19-20H2,1-2H3,(H,34,35);/q;+1/p-1/b17-13+;/t26-,27-;/m1./s1. The van der Waals surface area contributed by atoms with Crippen LogP contribution in [0, 0.1) is 5.82 Å². The molecule has 0 fully saturated rings. The van der Waals surface area contributed by atoms with Crippen LogP contribution >= 0.6 is 0 Å². The fourth-order valence-electron chi connectivity index (χ4n) is 4.72. The molecule has 0 aliphatic heterocycles. The van der Waals surface area contributed by atoms with Crippen LogP contribution in [0.4, 0.5) is 4.39 Å². The summed E-state index contributed by atoms with van der Waals surface area (Å²) in [5.41, 5.74) is 4.75. The zero-order valence-electron chi connectivity index (χ0n) is 21.2. The van der Waals surface area contributed by atoms with Gasteiger partial charge in [0.05, 0.1) is 12.2 Å². The molecule has 0 unspecified atom stereocenters. The predicted octanol–water partition coefficient (Wildman–Crippen LogP) is 1.87. The van der Waals surface area contributed by atoms with Crippen LogP contribution in [0.2, 0.25) is 0 Å². The van der Waals surface area contributed by atoms with Crippen LogP contribution in [0.5, 0.6) is 0 Å². The van der Waals surface area contributed by atoms with Crippen molar-refractivity contribution in [3.8, 4) is 11.1 Å². The van der Waals surface area contributed by atoms with Gasteiger partial charge in [0.2, 0.25) is 0 Å². The molecule has 0 heterocycles. The van der Waals surface area contributed by atoms with Gasteiger partial charge in [-0.2, -0.15) is 0 Å². The number of aliphatic carboxylic acids is 1. The summed E-state index contributed by atoms with van der Waals surface area (Å²) in [6.07, 6.45) is 2.22. The van der Waals surface area contributed by atoms with Crippen LogP contribution in [-0.4, -0.2) is 28.4 Å². The Labute approximate surface area is 234 Å². The van der Waals surface area contributed by atoms with Gasteiger partial charge in [0.25, 0.3) is 0 Å². The van der Waals surface area contributed by atoms with Crippen molar-refractivity contribution in [3.63, 3.8) is 0 Å². The molecule has 3 rings (SSSR count). The van der Waals surface area contributed by atoms with Gasteiger partial charge in [-0.05, 0) is 58.9 Å². The molecule has 36 heavy (non-hydrogen) atoms. The van der Waals surface area contributed by atoms with E-state index in [0.29, 0.717) is 0 Å². The van der Waals surface area contributed by atoms with Gasteiger partial charge in [0.1, 0.15) is 5.82 Å². The molecular formula is C30H32FNaO4. The molecule has 0 bridgehead atoms. The van der Waals surface area contributed by atoms with Crippen LogP contribution in [0.3, 0.4) is 0 Å². The minimum absolute atomic E-state index is 0. The van der Waals surface area contributed by atoms with Crippen molar-refractivity contribution in [3.05, 3.63) is 101 Å². The van der Waals surface area contributed by atoms with E-state index in [0.717, 1.165) is 35.1 Å². The van der Waals surface area contributed by atoms with Gasteiger partial charge >= 0.3 is 29.6 Å². The molecule has 0 aliphatic carbocycles. The first kappa shape index (κ1) is 29.9. The molecule has 0 saturated carbocycles. The van der Waals surface area contributed by atoms with Crippen LogP contribution in [-0.2, 0) is 10.2 Å². The number of hydrogen-bond donors (Lipinski definition) is 2. The monoisotopic (exact) mass is 498 g/mol. The topological polar surface area (TPSA) is 80.6 Å². The third-order valence-electron chi connectivity index (χ3n) is 6.71. The van der Waals surface area contributed by atoms with E-state index in [4.69, 9.17) is 0 Å². The van der Waals surface area contributed by atoms with Crippen molar-refractivity contribution in [2.45, 2.75) is 57.2 Å². The van der Waals surface area contributed by atoms with Crippen LogP contribution < -0.4 is 34.7 Å². The number of carbonyl (C=O) groups is 1. The second-order valence-corrected chi connectivity index (χ2v) is 8.86. The number of hydrogen-bond acceptors (Lipinski definition) is 4. The normalized spacial score (nSPS) is 13.2. The molecule has 3 aromatic carbocycles. The van der Waals surface area contributed by atoms with Gasteiger partial charge in [-0.15, -0.1) is 0 Å². The number of aliphatic hydroxyl groups excluding tert-OH is 2. The third-order valence-corrected chi connectivity index (χ3v) is 6.71. The first-order valence-electron chi connectivity index (χ1n) is 12.0. The summed E-state index contributed by atoms with van der Waals surface area (Å²) in [6.45, 7) is 4.35. The van der Waals surface area contributed by atoms with Gasteiger partial charge in [0, 0.05) is 24.2 Å². The van der Waals surface area contributed by atoms with Crippen molar-refractivity contribution in [2.24, 2.45) is 0 Å². The molecule has 6 heteroatoms. The Bertz CT molecular complexity index is 1140. The molecule has 0 aromatic heterocycles. The molecule has 0 aliphatic rings. The summed E-state index contributed by atoms with van der Waals surface area (Å²) < 4.78 is 13.7. The smallest absolute Gasteiger partial charge is 0.550 e. The summed E-state index contributed by atoms with van der Waals surface area (Å²) in [7, 11) is 0. The maximum Gasteiger partial charge on any atom is 1.00 e. The van der Waals surface area contributed by atoms with E-state index >= 15 is 0 Å². The number of carboxylic acids is 1. The number of rotatable bonds is 11. The summed E-state index contributed by atoms with van der Waals surface area (Å²) in [6, 6.07) is 22.9. The number of halogens is 1. The van der Waals surface area contributed by atoms with Crippen LogP contribution in [0.15, 0.2) is 78.9 Å². The zero-order valence-corrected chi connectivity index (χ0v) is 23.2. The van der Waals surface area contributed by atoms with Crippen LogP contribution in [0.25, 0.3) is 17.2 Å². The average Bonchev–Trinajstić information content (AvgIpc) is 2.85. The summed E-state index contributed by atoms with van der Waals surface area (Å²) in [5.74, 6) is -1.68. The van der Waals surface area contributed by atoms with E-state index in [9.17, 15) is 24.5 Å². The van der Waals surface area contributed by atoms with Gasteiger partial charge in [0.15, 0.2) is 0 Å². The Kier molecular flexibility index (Phi) is 11.5. The van der Waals surface area contributed by atoms with Crippen LogP contribution in [0.1, 0.15) is 56.2 Å². The molecule has 0 amide bonds. The predicted molar refractivity (Wildman–Crippen MR) is 135 cm³/mol. The Morgan fingerprint density at radius 3 is 2.19 bits per heavy atom. The number of benzene rings is 3. The van der Waals surface area contributed by atoms with E-state index in [1.807, 2.05) is 24.3 Å². The van der Waals surface area contributed by atoms with Crippen molar-refractivity contribution < 1.29 is 54.1 Å². The minimum Gasteiger partial charge on any atom is -0.550 e.